The summed E-state index contributed by atoms with van der Waals surface area (Å²) >= 11 is 1.76. The van der Waals surface area contributed by atoms with E-state index in [0.29, 0.717) is 13.0 Å². The third kappa shape index (κ3) is 5.31. The predicted molar refractivity (Wildman–Crippen MR) is 76.9 cm³/mol. The smallest absolute Gasteiger partial charge is 0.317 e. The predicted octanol–water partition coefficient (Wildman–Crippen LogP) is 1.85. The van der Waals surface area contributed by atoms with Crippen LogP contribution in [0, 0.1) is 0 Å². The lowest BCUT2D eigenvalue weighted by atomic mass is 10.1. The molecular weight excluding hydrogens is 248 g/mol. The summed E-state index contributed by atoms with van der Waals surface area (Å²) in [6, 6.07) is 0.211. The zero-order valence-corrected chi connectivity index (χ0v) is 11.9. The van der Waals surface area contributed by atoms with E-state index in [1.165, 1.54) is 0 Å². The maximum atomic E-state index is 12.0. The lowest BCUT2D eigenvalue weighted by Gasteiger charge is -2.25. The van der Waals surface area contributed by atoms with E-state index in [2.05, 4.69) is 11.9 Å². The van der Waals surface area contributed by atoms with Gasteiger partial charge in [0.25, 0.3) is 0 Å². The third-order valence-corrected chi connectivity index (χ3v) is 3.97. The number of aliphatic hydroxyl groups excluding tert-OH is 1. The Hall–Kier alpha value is -0.680. The topological polar surface area (TPSA) is 52.6 Å². The highest BCUT2D eigenvalue weighted by atomic mass is 32.2. The first kappa shape index (κ1) is 15.4. The van der Waals surface area contributed by atoms with Gasteiger partial charge in [-0.15, -0.1) is 6.58 Å². The number of nitrogens with zero attached hydrogens (tertiary/aromatic N) is 1. The van der Waals surface area contributed by atoms with Crippen LogP contribution in [-0.4, -0.2) is 52.8 Å². The number of carbonyl (C=O) groups is 1. The van der Waals surface area contributed by atoms with Crippen molar-refractivity contribution in [3.8, 4) is 0 Å². The van der Waals surface area contributed by atoms with E-state index in [9.17, 15) is 9.90 Å². The Morgan fingerprint density at radius 3 is 3.17 bits per heavy atom. The zero-order valence-electron chi connectivity index (χ0n) is 11.1. The van der Waals surface area contributed by atoms with Crippen LogP contribution in [-0.2, 0) is 0 Å². The van der Waals surface area contributed by atoms with Crippen LogP contribution in [0.25, 0.3) is 0 Å². The van der Waals surface area contributed by atoms with Crippen LogP contribution in [0.15, 0.2) is 12.7 Å². The molecule has 18 heavy (non-hydrogen) atoms. The summed E-state index contributed by atoms with van der Waals surface area (Å²) < 4.78 is 0. The van der Waals surface area contributed by atoms with Crippen LogP contribution in [0.3, 0.4) is 0 Å². The Kier molecular flexibility index (Phi) is 7.20. The molecule has 0 bridgehead atoms. The monoisotopic (exact) mass is 272 g/mol. The number of rotatable bonds is 7. The Morgan fingerprint density at radius 2 is 2.50 bits per heavy atom. The minimum Gasteiger partial charge on any atom is -0.393 e. The number of hydrogen-bond donors (Lipinski definition) is 2. The van der Waals surface area contributed by atoms with Gasteiger partial charge in [0.2, 0.25) is 0 Å². The van der Waals surface area contributed by atoms with Crippen LogP contribution in [0.1, 0.15) is 26.2 Å². The number of nitrogens with one attached hydrogen (secondary N) is 1. The number of hydrogen-bond acceptors (Lipinski definition) is 3. The van der Waals surface area contributed by atoms with Crippen molar-refractivity contribution in [3.05, 3.63) is 12.7 Å². The molecule has 2 atom stereocenters. The molecule has 1 rings (SSSR count). The van der Waals surface area contributed by atoms with E-state index >= 15 is 0 Å². The molecule has 4 nitrogen and oxygen atoms in total. The third-order valence-electron chi connectivity index (χ3n) is 3.01. The molecule has 0 spiro atoms. The van der Waals surface area contributed by atoms with Crippen molar-refractivity contribution < 1.29 is 9.90 Å². The SMILES string of the molecule is C=CCSCCNC(=O)N1CCCC1CC(C)O. The lowest BCUT2D eigenvalue weighted by Crippen LogP contribution is -2.44. The van der Waals surface area contributed by atoms with Crippen molar-refractivity contribution >= 4 is 17.8 Å². The van der Waals surface area contributed by atoms with Gasteiger partial charge >= 0.3 is 6.03 Å². The number of carbonyl (C=O) groups excluding carboxylic acids is 1. The summed E-state index contributed by atoms with van der Waals surface area (Å²) in [5, 5.41) is 12.4. The van der Waals surface area contributed by atoms with E-state index in [4.69, 9.17) is 0 Å². The molecule has 0 saturated carbocycles. The van der Waals surface area contributed by atoms with E-state index in [1.54, 1.807) is 18.7 Å². The molecule has 2 N–H and O–H groups in total. The molecular formula is C13H24N2O2S. The maximum Gasteiger partial charge on any atom is 0.317 e. The minimum atomic E-state index is -0.341. The zero-order chi connectivity index (χ0) is 13.4. The van der Waals surface area contributed by atoms with Crippen molar-refractivity contribution in [1.29, 1.82) is 0 Å². The second-order valence-electron chi connectivity index (χ2n) is 4.67. The molecule has 1 aliphatic rings. The van der Waals surface area contributed by atoms with Crippen molar-refractivity contribution in [1.82, 2.24) is 10.2 Å². The molecule has 0 radical (unpaired) electrons. The molecule has 1 aliphatic heterocycles. The first-order chi connectivity index (χ1) is 8.65. The summed E-state index contributed by atoms with van der Waals surface area (Å²) in [5.41, 5.74) is 0. The highest BCUT2D eigenvalue weighted by molar-refractivity contribution is 7.99. The average Bonchev–Trinajstić information content (AvgIpc) is 2.76. The normalized spacial score (nSPS) is 20.8. The second kappa shape index (κ2) is 8.43. The van der Waals surface area contributed by atoms with Crippen molar-refractivity contribution in [2.45, 2.75) is 38.3 Å². The maximum absolute atomic E-state index is 12.0. The Balaban J connectivity index is 2.25. The van der Waals surface area contributed by atoms with Gasteiger partial charge in [-0.2, -0.15) is 11.8 Å². The van der Waals surface area contributed by atoms with E-state index in [1.807, 2.05) is 11.0 Å². The molecule has 1 heterocycles. The van der Waals surface area contributed by atoms with Crippen molar-refractivity contribution in [2.75, 3.05) is 24.6 Å². The van der Waals surface area contributed by atoms with Gasteiger partial charge in [0, 0.05) is 30.6 Å². The molecule has 5 heteroatoms. The first-order valence-electron chi connectivity index (χ1n) is 6.56. The van der Waals surface area contributed by atoms with Crippen LogP contribution >= 0.6 is 11.8 Å². The molecule has 0 aromatic heterocycles. The average molecular weight is 272 g/mol. The Labute approximate surface area is 114 Å². The fourth-order valence-electron chi connectivity index (χ4n) is 2.24. The van der Waals surface area contributed by atoms with Gasteiger partial charge in [-0.25, -0.2) is 4.79 Å². The fourth-order valence-corrected chi connectivity index (χ4v) is 2.82. The van der Waals surface area contributed by atoms with Gasteiger partial charge in [-0.1, -0.05) is 6.08 Å². The summed E-state index contributed by atoms with van der Waals surface area (Å²) in [7, 11) is 0. The van der Waals surface area contributed by atoms with E-state index < -0.39 is 0 Å². The highest BCUT2D eigenvalue weighted by Gasteiger charge is 2.29. The number of aliphatic hydroxyl groups is 1. The van der Waals surface area contributed by atoms with Gasteiger partial charge in [0.15, 0.2) is 0 Å². The minimum absolute atomic E-state index is 0.0114. The number of urea groups is 1. The van der Waals surface area contributed by atoms with Gasteiger partial charge in [0.1, 0.15) is 0 Å². The number of amides is 2. The van der Waals surface area contributed by atoms with Crippen LogP contribution in [0.4, 0.5) is 4.79 Å². The summed E-state index contributed by atoms with van der Waals surface area (Å²) in [5.74, 6) is 1.83. The summed E-state index contributed by atoms with van der Waals surface area (Å²) in [6.45, 7) is 6.93. The lowest BCUT2D eigenvalue weighted by molar-refractivity contribution is 0.138. The van der Waals surface area contributed by atoms with Gasteiger partial charge in [0.05, 0.1) is 6.10 Å². The largest absolute Gasteiger partial charge is 0.393 e. The Morgan fingerprint density at radius 1 is 1.72 bits per heavy atom. The van der Waals surface area contributed by atoms with Gasteiger partial charge in [-0.05, 0) is 26.2 Å². The molecule has 1 saturated heterocycles. The van der Waals surface area contributed by atoms with E-state index in [0.717, 1.165) is 30.9 Å². The molecule has 2 amide bonds. The van der Waals surface area contributed by atoms with Gasteiger partial charge in [-0.3, -0.25) is 0 Å². The molecule has 2 unspecified atom stereocenters. The molecule has 0 aromatic rings. The highest BCUT2D eigenvalue weighted by Crippen LogP contribution is 2.21. The van der Waals surface area contributed by atoms with Crippen LogP contribution in [0.5, 0.6) is 0 Å². The summed E-state index contributed by atoms with van der Waals surface area (Å²) in [6.07, 6.45) is 4.25. The first-order valence-corrected chi connectivity index (χ1v) is 7.71. The molecule has 0 aliphatic carbocycles. The Bertz CT molecular complexity index is 272. The fraction of sp³-hybridized carbons (Fsp3) is 0.769. The van der Waals surface area contributed by atoms with E-state index in [-0.39, 0.29) is 18.2 Å². The molecule has 104 valence electrons. The van der Waals surface area contributed by atoms with Crippen molar-refractivity contribution in [3.63, 3.8) is 0 Å². The number of thioether (sulfide) groups is 1. The quantitative estimate of drug-likeness (QED) is 0.549. The van der Waals surface area contributed by atoms with Crippen LogP contribution in [0.2, 0.25) is 0 Å². The van der Waals surface area contributed by atoms with Gasteiger partial charge < -0.3 is 15.3 Å². The second-order valence-corrected chi connectivity index (χ2v) is 5.82. The number of likely N-dealkylation sites (tertiary alicyclic amines) is 1. The standard InChI is InChI=1S/C13H24N2O2S/c1-3-8-18-9-6-14-13(17)15-7-4-5-12(15)10-11(2)16/h3,11-12,16H,1,4-10H2,2H3,(H,14,17). The molecule has 0 aromatic carbocycles. The summed E-state index contributed by atoms with van der Waals surface area (Å²) in [4.78, 5) is 13.8. The van der Waals surface area contributed by atoms with Crippen LogP contribution < -0.4 is 5.32 Å². The molecule has 1 fully saturated rings. The van der Waals surface area contributed by atoms with Crippen molar-refractivity contribution in [2.24, 2.45) is 0 Å².